The Balaban J connectivity index is 2.29. The summed E-state index contributed by atoms with van der Waals surface area (Å²) in [5.74, 6) is 0.943. The number of aromatic nitrogens is 3. The molecule has 98 valence electrons. The van der Waals surface area contributed by atoms with E-state index in [9.17, 15) is 0 Å². The van der Waals surface area contributed by atoms with E-state index in [1.807, 2.05) is 18.3 Å². The number of imidazole rings is 1. The van der Waals surface area contributed by atoms with Crippen LogP contribution in [0.15, 0.2) is 18.3 Å². The second kappa shape index (κ2) is 4.57. The lowest BCUT2D eigenvalue weighted by Crippen LogP contribution is -2.30. The maximum absolute atomic E-state index is 5.58. The molecular formula is C13H21N5. The standard InChI is InChI=1S/C13H21N5/c1-13(2,3)9-17(4)12-6-5-11-15-10(7-14)8-18(11)16-12/h5-6,8H,7,9,14H2,1-4H3. The van der Waals surface area contributed by atoms with Crippen molar-refractivity contribution in [1.82, 2.24) is 14.6 Å². The van der Waals surface area contributed by atoms with Gasteiger partial charge in [0.2, 0.25) is 0 Å². The van der Waals surface area contributed by atoms with E-state index in [1.165, 1.54) is 0 Å². The Kier molecular flexibility index (Phi) is 3.26. The van der Waals surface area contributed by atoms with Crippen LogP contribution in [0.25, 0.3) is 5.65 Å². The lowest BCUT2D eigenvalue weighted by Gasteiger charge is -2.27. The van der Waals surface area contributed by atoms with E-state index in [4.69, 9.17) is 5.73 Å². The van der Waals surface area contributed by atoms with Gasteiger partial charge in [-0.15, -0.1) is 5.10 Å². The predicted molar refractivity (Wildman–Crippen MR) is 73.6 cm³/mol. The monoisotopic (exact) mass is 247 g/mol. The summed E-state index contributed by atoms with van der Waals surface area (Å²) in [5.41, 5.74) is 7.52. The van der Waals surface area contributed by atoms with Gasteiger partial charge in [-0.1, -0.05) is 20.8 Å². The van der Waals surface area contributed by atoms with Crippen molar-refractivity contribution in [3.8, 4) is 0 Å². The van der Waals surface area contributed by atoms with Gasteiger partial charge in [0.05, 0.1) is 11.9 Å². The van der Waals surface area contributed by atoms with E-state index in [2.05, 4.69) is 42.8 Å². The Bertz CT molecular complexity index is 538. The molecule has 0 saturated heterocycles. The highest BCUT2D eigenvalue weighted by Crippen LogP contribution is 2.18. The number of hydrogen-bond acceptors (Lipinski definition) is 4. The van der Waals surface area contributed by atoms with Gasteiger partial charge < -0.3 is 10.6 Å². The van der Waals surface area contributed by atoms with E-state index in [0.29, 0.717) is 6.54 Å². The Hall–Kier alpha value is -1.62. The fourth-order valence-corrected chi connectivity index (χ4v) is 2.02. The molecule has 5 nitrogen and oxygen atoms in total. The molecule has 0 fully saturated rings. The summed E-state index contributed by atoms with van der Waals surface area (Å²) in [6, 6.07) is 3.97. The number of nitrogens with two attached hydrogens (primary N) is 1. The minimum atomic E-state index is 0.239. The average molecular weight is 247 g/mol. The van der Waals surface area contributed by atoms with Gasteiger partial charge in [-0.3, -0.25) is 0 Å². The van der Waals surface area contributed by atoms with Crippen molar-refractivity contribution in [2.24, 2.45) is 11.1 Å². The van der Waals surface area contributed by atoms with Crippen molar-refractivity contribution in [2.75, 3.05) is 18.5 Å². The molecule has 0 saturated carbocycles. The van der Waals surface area contributed by atoms with Crippen LogP contribution in [0.1, 0.15) is 26.5 Å². The molecule has 0 amide bonds. The van der Waals surface area contributed by atoms with Gasteiger partial charge in [-0.25, -0.2) is 9.50 Å². The molecule has 2 N–H and O–H groups in total. The fourth-order valence-electron chi connectivity index (χ4n) is 2.02. The lowest BCUT2D eigenvalue weighted by molar-refractivity contribution is 0.417. The first kappa shape index (κ1) is 12.8. The fraction of sp³-hybridized carbons (Fsp3) is 0.538. The van der Waals surface area contributed by atoms with Crippen LogP contribution < -0.4 is 10.6 Å². The first-order chi connectivity index (χ1) is 8.39. The molecule has 2 heterocycles. The number of fused-ring (bicyclic) bond motifs is 1. The quantitative estimate of drug-likeness (QED) is 0.896. The number of rotatable bonds is 3. The van der Waals surface area contributed by atoms with Gasteiger partial charge in [-0.2, -0.15) is 0 Å². The van der Waals surface area contributed by atoms with Crippen molar-refractivity contribution in [1.29, 1.82) is 0 Å². The minimum Gasteiger partial charge on any atom is -0.358 e. The molecule has 0 radical (unpaired) electrons. The molecule has 5 heteroatoms. The second-order valence-corrected chi connectivity index (χ2v) is 5.85. The van der Waals surface area contributed by atoms with E-state index >= 15 is 0 Å². The van der Waals surface area contributed by atoms with E-state index in [-0.39, 0.29) is 5.41 Å². The Morgan fingerprint density at radius 1 is 1.33 bits per heavy atom. The van der Waals surface area contributed by atoms with Gasteiger partial charge in [0.25, 0.3) is 0 Å². The lowest BCUT2D eigenvalue weighted by atomic mass is 9.96. The summed E-state index contributed by atoms with van der Waals surface area (Å²) in [4.78, 5) is 6.52. The molecule has 0 bridgehead atoms. The molecule has 2 aromatic rings. The first-order valence-corrected chi connectivity index (χ1v) is 6.15. The van der Waals surface area contributed by atoms with Crippen LogP contribution in [0.4, 0.5) is 5.82 Å². The van der Waals surface area contributed by atoms with Crippen LogP contribution in [0.2, 0.25) is 0 Å². The maximum Gasteiger partial charge on any atom is 0.153 e. The SMILES string of the molecule is CN(CC(C)(C)C)c1ccc2nc(CN)cn2n1. The zero-order valence-corrected chi connectivity index (χ0v) is 11.5. The number of anilines is 1. The highest BCUT2D eigenvalue weighted by Gasteiger charge is 2.15. The van der Waals surface area contributed by atoms with Crippen LogP contribution in [-0.4, -0.2) is 28.2 Å². The van der Waals surface area contributed by atoms with E-state index < -0.39 is 0 Å². The van der Waals surface area contributed by atoms with E-state index in [1.54, 1.807) is 4.52 Å². The highest BCUT2D eigenvalue weighted by atomic mass is 15.3. The summed E-state index contributed by atoms with van der Waals surface area (Å²) in [6.07, 6.45) is 1.88. The second-order valence-electron chi connectivity index (χ2n) is 5.85. The van der Waals surface area contributed by atoms with Gasteiger partial charge in [-0.05, 0) is 17.5 Å². The third-order valence-corrected chi connectivity index (χ3v) is 2.67. The highest BCUT2D eigenvalue weighted by molar-refractivity contribution is 5.46. The van der Waals surface area contributed by atoms with Crippen molar-refractivity contribution in [3.05, 3.63) is 24.0 Å². The normalized spacial score (nSPS) is 12.1. The smallest absolute Gasteiger partial charge is 0.153 e. The van der Waals surface area contributed by atoms with Crippen molar-refractivity contribution in [3.63, 3.8) is 0 Å². The third kappa shape index (κ3) is 2.79. The van der Waals surface area contributed by atoms with Crippen LogP contribution in [0.3, 0.4) is 0 Å². The largest absolute Gasteiger partial charge is 0.358 e. The average Bonchev–Trinajstić information content (AvgIpc) is 2.68. The maximum atomic E-state index is 5.58. The predicted octanol–water partition coefficient (Wildman–Crippen LogP) is 1.67. The third-order valence-electron chi connectivity index (χ3n) is 2.67. The summed E-state index contributed by atoms with van der Waals surface area (Å²) in [7, 11) is 2.06. The molecule has 0 atom stereocenters. The van der Waals surface area contributed by atoms with Gasteiger partial charge in [0.1, 0.15) is 5.82 Å². The van der Waals surface area contributed by atoms with Crippen molar-refractivity contribution < 1.29 is 0 Å². The van der Waals surface area contributed by atoms with Crippen LogP contribution in [0, 0.1) is 5.41 Å². The Morgan fingerprint density at radius 3 is 2.67 bits per heavy atom. The summed E-state index contributed by atoms with van der Waals surface area (Å²) in [5, 5.41) is 4.55. The van der Waals surface area contributed by atoms with Gasteiger partial charge >= 0.3 is 0 Å². The summed E-state index contributed by atoms with van der Waals surface area (Å²) < 4.78 is 1.79. The molecular weight excluding hydrogens is 226 g/mol. The van der Waals surface area contributed by atoms with Crippen LogP contribution >= 0.6 is 0 Å². The van der Waals surface area contributed by atoms with Crippen molar-refractivity contribution >= 4 is 11.5 Å². The van der Waals surface area contributed by atoms with Gasteiger partial charge in [0.15, 0.2) is 5.65 Å². The molecule has 0 aliphatic rings. The Labute approximate surface area is 108 Å². The first-order valence-electron chi connectivity index (χ1n) is 6.15. The molecule has 0 aliphatic heterocycles. The number of nitrogens with zero attached hydrogens (tertiary/aromatic N) is 4. The molecule has 0 aliphatic carbocycles. The van der Waals surface area contributed by atoms with Crippen LogP contribution in [0.5, 0.6) is 0 Å². The molecule has 0 spiro atoms. The molecule has 18 heavy (non-hydrogen) atoms. The van der Waals surface area contributed by atoms with E-state index in [0.717, 1.165) is 23.7 Å². The zero-order chi connectivity index (χ0) is 13.3. The summed E-state index contributed by atoms with van der Waals surface area (Å²) in [6.45, 7) is 8.03. The molecule has 0 unspecified atom stereocenters. The molecule has 2 rings (SSSR count). The van der Waals surface area contributed by atoms with Crippen molar-refractivity contribution in [2.45, 2.75) is 27.3 Å². The zero-order valence-electron chi connectivity index (χ0n) is 11.5. The van der Waals surface area contributed by atoms with Crippen LogP contribution in [-0.2, 0) is 6.54 Å². The Morgan fingerprint density at radius 2 is 2.06 bits per heavy atom. The molecule has 2 aromatic heterocycles. The minimum absolute atomic E-state index is 0.239. The topological polar surface area (TPSA) is 59.5 Å². The number of hydrogen-bond donors (Lipinski definition) is 1. The summed E-state index contributed by atoms with van der Waals surface area (Å²) >= 11 is 0. The molecule has 0 aromatic carbocycles. The van der Waals surface area contributed by atoms with Gasteiger partial charge in [0, 0.05) is 20.1 Å².